The van der Waals surface area contributed by atoms with Crippen LogP contribution in [0.25, 0.3) is 11.3 Å². The lowest BCUT2D eigenvalue weighted by Gasteiger charge is -2.11. The lowest BCUT2D eigenvalue weighted by atomic mass is 10.1. The van der Waals surface area contributed by atoms with E-state index in [9.17, 15) is 4.79 Å². The fourth-order valence-electron chi connectivity index (χ4n) is 2.76. The number of rotatable bonds is 8. The van der Waals surface area contributed by atoms with Crippen LogP contribution in [-0.2, 0) is 4.79 Å². The molecule has 0 radical (unpaired) electrons. The van der Waals surface area contributed by atoms with Gasteiger partial charge in [0.05, 0.1) is 6.61 Å². The minimum atomic E-state index is -0.346. The number of carbonyl (C=O) groups is 1. The Labute approximate surface area is 170 Å². The van der Waals surface area contributed by atoms with E-state index < -0.39 is 0 Å². The van der Waals surface area contributed by atoms with Crippen LogP contribution in [0.1, 0.15) is 25.0 Å². The third kappa shape index (κ3) is 5.34. The third-order valence-corrected chi connectivity index (χ3v) is 4.21. The zero-order valence-corrected chi connectivity index (χ0v) is 17.1. The molecule has 0 fully saturated rings. The maximum absolute atomic E-state index is 12.3. The number of carbonyl (C=O) groups excluding carboxylic acids is 1. The van der Waals surface area contributed by atoms with Crippen molar-refractivity contribution in [1.82, 2.24) is 10.3 Å². The molecule has 1 amide bonds. The molecule has 152 valence electrons. The Hall–Kier alpha value is -3.35. The summed E-state index contributed by atoms with van der Waals surface area (Å²) in [6, 6.07) is 13.2. The van der Waals surface area contributed by atoms with Gasteiger partial charge in [-0.05, 0) is 65.5 Å². The summed E-state index contributed by atoms with van der Waals surface area (Å²) in [7, 11) is 0. The molecule has 0 saturated carbocycles. The van der Waals surface area contributed by atoms with Gasteiger partial charge in [0.25, 0.3) is 5.91 Å². The highest BCUT2D eigenvalue weighted by molar-refractivity contribution is 5.94. The zero-order chi connectivity index (χ0) is 20.8. The molecule has 0 aliphatic heterocycles. The molecule has 0 atom stereocenters. The average molecular weight is 395 g/mol. The smallest absolute Gasteiger partial charge is 0.263 e. The van der Waals surface area contributed by atoms with Gasteiger partial charge in [-0.2, -0.15) is 0 Å². The summed E-state index contributed by atoms with van der Waals surface area (Å²) >= 11 is 0. The average Bonchev–Trinajstić information content (AvgIpc) is 3.14. The van der Waals surface area contributed by atoms with Gasteiger partial charge in [-0.25, -0.2) is 4.63 Å². The topological polar surface area (TPSA) is 86.5 Å². The number of para-hydroxylation sites is 1. The maximum atomic E-state index is 12.3. The fraction of sp³-hybridized carbons (Fsp3) is 0.318. The van der Waals surface area contributed by atoms with E-state index in [0.29, 0.717) is 24.0 Å². The second-order valence-corrected chi connectivity index (χ2v) is 7.25. The molecule has 0 spiro atoms. The van der Waals surface area contributed by atoms with Gasteiger partial charge in [-0.1, -0.05) is 32.0 Å². The summed E-state index contributed by atoms with van der Waals surface area (Å²) < 4.78 is 16.2. The molecule has 7 nitrogen and oxygen atoms in total. The van der Waals surface area contributed by atoms with Crippen LogP contribution in [0.2, 0.25) is 0 Å². The van der Waals surface area contributed by atoms with Gasteiger partial charge >= 0.3 is 0 Å². The SMILES string of the molecule is Cc1cccc(C)c1OCC(=O)Nc1nonc1-c1ccc(OCC(C)C)cc1. The second kappa shape index (κ2) is 9.23. The number of hydrogen-bond acceptors (Lipinski definition) is 6. The minimum absolute atomic E-state index is 0.139. The van der Waals surface area contributed by atoms with Crippen LogP contribution in [0, 0.1) is 19.8 Å². The summed E-state index contributed by atoms with van der Waals surface area (Å²) in [6.07, 6.45) is 0. The standard InChI is InChI=1S/C22H25N3O4/c1-14(2)12-27-18-10-8-17(9-11-18)20-22(25-29-24-20)23-19(26)13-28-21-15(3)6-5-7-16(21)4/h5-11,14H,12-13H2,1-4H3,(H,23,25,26). The number of hydrogen-bond donors (Lipinski definition) is 1. The number of amides is 1. The van der Waals surface area contributed by atoms with Crippen molar-refractivity contribution >= 4 is 11.7 Å². The number of benzene rings is 2. The second-order valence-electron chi connectivity index (χ2n) is 7.25. The van der Waals surface area contributed by atoms with Crippen molar-refractivity contribution < 1.29 is 18.9 Å². The van der Waals surface area contributed by atoms with Crippen LogP contribution < -0.4 is 14.8 Å². The summed E-state index contributed by atoms with van der Waals surface area (Å²) in [6.45, 7) is 8.57. The first-order valence-corrected chi connectivity index (χ1v) is 9.48. The largest absolute Gasteiger partial charge is 0.493 e. The number of aryl methyl sites for hydroxylation is 2. The Bertz CT molecular complexity index is 944. The van der Waals surface area contributed by atoms with Gasteiger partial charge in [0.2, 0.25) is 5.82 Å². The van der Waals surface area contributed by atoms with E-state index in [-0.39, 0.29) is 18.3 Å². The molecule has 29 heavy (non-hydrogen) atoms. The molecule has 0 aliphatic carbocycles. The van der Waals surface area contributed by atoms with Gasteiger partial charge in [0, 0.05) is 5.56 Å². The van der Waals surface area contributed by atoms with Gasteiger partial charge in [-0.3, -0.25) is 4.79 Å². The molecule has 0 unspecified atom stereocenters. The van der Waals surface area contributed by atoms with E-state index in [4.69, 9.17) is 14.1 Å². The minimum Gasteiger partial charge on any atom is -0.493 e. The Balaban J connectivity index is 1.63. The zero-order valence-electron chi connectivity index (χ0n) is 17.1. The molecule has 0 saturated heterocycles. The summed E-state index contributed by atoms with van der Waals surface area (Å²) in [5.41, 5.74) is 3.15. The third-order valence-electron chi connectivity index (χ3n) is 4.21. The van der Waals surface area contributed by atoms with Gasteiger partial charge < -0.3 is 14.8 Å². The normalized spacial score (nSPS) is 10.8. The highest BCUT2D eigenvalue weighted by Gasteiger charge is 2.16. The molecule has 3 aromatic rings. The Morgan fingerprint density at radius 3 is 2.38 bits per heavy atom. The van der Waals surface area contributed by atoms with Crippen molar-refractivity contribution in [1.29, 1.82) is 0 Å². The van der Waals surface area contributed by atoms with E-state index in [1.54, 1.807) is 0 Å². The van der Waals surface area contributed by atoms with Crippen LogP contribution in [0.4, 0.5) is 5.82 Å². The van der Waals surface area contributed by atoms with Crippen LogP contribution in [-0.4, -0.2) is 29.4 Å². The first-order chi connectivity index (χ1) is 13.9. The summed E-state index contributed by atoms with van der Waals surface area (Å²) in [5.74, 6) is 1.82. The number of anilines is 1. The van der Waals surface area contributed by atoms with Crippen LogP contribution in [0.15, 0.2) is 47.1 Å². The van der Waals surface area contributed by atoms with E-state index >= 15 is 0 Å². The monoisotopic (exact) mass is 395 g/mol. The van der Waals surface area contributed by atoms with Crippen molar-refractivity contribution in [2.24, 2.45) is 5.92 Å². The molecule has 7 heteroatoms. The Morgan fingerprint density at radius 2 is 1.72 bits per heavy atom. The molecule has 1 aromatic heterocycles. The Morgan fingerprint density at radius 1 is 1.03 bits per heavy atom. The van der Waals surface area contributed by atoms with Crippen molar-refractivity contribution in [2.45, 2.75) is 27.7 Å². The van der Waals surface area contributed by atoms with E-state index in [1.807, 2.05) is 56.3 Å². The molecular weight excluding hydrogens is 370 g/mol. The van der Waals surface area contributed by atoms with Crippen LogP contribution in [0.3, 0.4) is 0 Å². The van der Waals surface area contributed by atoms with Gasteiger partial charge in [-0.15, -0.1) is 0 Å². The quantitative estimate of drug-likeness (QED) is 0.608. The van der Waals surface area contributed by atoms with Crippen molar-refractivity contribution in [3.05, 3.63) is 53.6 Å². The van der Waals surface area contributed by atoms with E-state index in [0.717, 1.165) is 22.4 Å². The predicted octanol–water partition coefficient (Wildman–Crippen LogP) is 4.41. The van der Waals surface area contributed by atoms with Crippen molar-refractivity contribution in [2.75, 3.05) is 18.5 Å². The number of ether oxygens (including phenoxy) is 2. The van der Waals surface area contributed by atoms with Crippen molar-refractivity contribution in [3.63, 3.8) is 0 Å². The number of nitrogens with zero attached hydrogens (tertiary/aromatic N) is 2. The van der Waals surface area contributed by atoms with E-state index in [1.165, 1.54) is 0 Å². The lowest BCUT2D eigenvalue weighted by Crippen LogP contribution is -2.21. The molecule has 1 N–H and O–H groups in total. The fourth-order valence-corrected chi connectivity index (χ4v) is 2.76. The number of aromatic nitrogens is 2. The molecule has 0 aliphatic rings. The van der Waals surface area contributed by atoms with E-state index in [2.05, 4.69) is 29.5 Å². The Kier molecular flexibility index (Phi) is 6.49. The predicted molar refractivity (Wildman–Crippen MR) is 110 cm³/mol. The molecule has 1 heterocycles. The highest BCUT2D eigenvalue weighted by atomic mass is 16.6. The summed E-state index contributed by atoms with van der Waals surface area (Å²) in [4.78, 5) is 12.3. The van der Waals surface area contributed by atoms with Crippen LogP contribution in [0.5, 0.6) is 11.5 Å². The van der Waals surface area contributed by atoms with Crippen LogP contribution >= 0.6 is 0 Å². The highest BCUT2D eigenvalue weighted by Crippen LogP contribution is 2.27. The molecular formula is C22H25N3O4. The summed E-state index contributed by atoms with van der Waals surface area (Å²) in [5, 5.41) is 10.4. The maximum Gasteiger partial charge on any atom is 0.263 e. The first kappa shape index (κ1) is 20.4. The first-order valence-electron chi connectivity index (χ1n) is 9.48. The number of nitrogens with one attached hydrogen (secondary N) is 1. The van der Waals surface area contributed by atoms with Gasteiger partial charge in [0.15, 0.2) is 12.3 Å². The van der Waals surface area contributed by atoms with Gasteiger partial charge in [0.1, 0.15) is 11.5 Å². The molecule has 0 bridgehead atoms. The molecule has 2 aromatic carbocycles. The lowest BCUT2D eigenvalue weighted by molar-refractivity contribution is -0.118. The van der Waals surface area contributed by atoms with Crippen molar-refractivity contribution in [3.8, 4) is 22.8 Å². The molecule has 3 rings (SSSR count).